The molecule has 3 aliphatic rings. The third-order valence-electron chi connectivity index (χ3n) is 5.49. The van der Waals surface area contributed by atoms with E-state index in [4.69, 9.17) is 5.73 Å². The minimum absolute atomic E-state index is 0.114. The lowest BCUT2D eigenvalue weighted by Crippen LogP contribution is -2.33. The van der Waals surface area contributed by atoms with Crippen LogP contribution in [0.5, 0.6) is 0 Å². The van der Waals surface area contributed by atoms with Gasteiger partial charge in [-0.1, -0.05) is 18.9 Å². The number of amides is 4. The molecule has 28 heavy (non-hydrogen) atoms. The molecule has 0 fully saturated rings. The van der Waals surface area contributed by atoms with Crippen molar-refractivity contribution in [1.82, 2.24) is 0 Å². The van der Waals surface area contributed by atoms with E-state index in [1.54, 1.807) is 12.1 Å². The van der Waals surface area contributed by atoms with Crippen LogP contribution in [0.1, 0.15) is 44.1 Å². The van der Waals surface area contributed by atoms with Crippen molar-refractivity contribution in [1.29, 1.82) is 0 Å². The summed E-state index contributed by atoms with van der Waals surface area (Å²) in [6, 6.07) is 4.82. The van der Waals surface area contributed by atoms with Gasteiger partial charge in [0.1, 0.15) is 0 Å². The fourth-order valence-corrected chi connectivity index (χ4v) is 4.04. The highest BCUT2D eigenvalue weighted by molar-refractivity contribution is 6.33. The molecule has 1 aromatic carbocycles. The topological polar surface area (TPSA) is 101 Å². The van der Waals surface area contributed by atoms with Gasteiger partial charge in [0.25, 0.3) is 23.6 Å². The number of rotatable bonds is 3. The van der Waals surface area contributed by atoms with Crippen molar-refractivity contribution in [2.24, 2.45) is 5.73 Å². The maximum Gasteiger partial charge on any atom is 0.261 e. The first kappa shape index (κ1) is 18.3. The SMILES string of the molecule is NCc1ccc(N2C(=O)C3=C(CCCCCC3)C2=O)cc1N1C(=O)C=CC1=O. The highest BCUT2D eigenvalue weighted by Crippen LogP contribution is 2.36. The average molecular weight is 379 g/mol. The highest BCUT2D eigenvalue weighted by atomic mass is 16.2. The number of anilines is 2. The van der Waals surface area contributed by atoms with Crippen molar-refractivity contribution in [3.8, 4) is 0 Å². The third kappa shape index (κ3) is 2.88. The van der Waals surface area contributed by atoms with Gasteiger partial charge in [-0.15, -0.1) is 0 Å². The molecule has 0 unspecified atom stereocenters. The molecule has 4 amide bonds. The zero-order chi connectivity index (χ0) is 19.8. The summed E-state index contributed by atoms with van der Waals surface area (Å²) in [4.78, 5) is 52.4. The monoisotopic (exact) mass is 379 g/mol. The lowest BCUT2D eigenvalue weighted by molar-refractivity contribution is -0.121. The molecule has 0 atom stereocenters. The van der Waals surface area contributed by atoms with Crippen molar-refractivity contribution in [3.05, 3.63) is 47.1 Å². The maximum absolute atomic E-state index is 13.0. The van der Waals surface area contributed by atoms with Crippen LogP contribution >= 0.6 is 0 Å². The Morgan fingerprint density at radius 1 is 0.786 bits per heavy atom. The molecule has 0 radical (unpaired) electrons. The Bertz CT molecular complexity index is 912. The van der Waals surface area contributed by atoms with Crippen LogP contribution in [0.4, 0.5) is 11.4 Å². The van der Waals surface area contributed by atoms with Crippen molar-refractivity contribution in [2.75, 3.05) is 9.80 Å². The van der Waals surface area contributed by atoms with Gasteiger partial charge in [0.15, 0.2) is 0 Å². The van der Waals surface area contributed by atoms with Crippen molar-refractivity contribution in [2.45, 2.75) is 45.1 Å². The van der Waals surface area contributed by atoms with Crippen LogP contribution in [0.2, 0.25) is 0 Å². The summed E-state index contributed by atoms with van der Waals surface area (Å²) in [6.45, 7) is 0.114. The first-order valence-electron chi connectivity index (χ1n) is 9.53. The Balaban J connectivity index is 1.73. The molecule has 2 aliphatic heterocycles. The Morgan fingerprint density at radius 3 is 1.89 bits per heavy atom. The van der Waals surface area contributed by atoms with Gasteiger partial charge in [-0.05, 0) is 43.4 Å². The standard InChI is InChI=1S/C21H21N3O4/c22-12-13-7-8-14(11-17(13)24-18(25)9-10-19(24)26)23-20(27)15-5-3-1-2-4-6-16(15)21(23)28/h7-11H,1-6,12,22H2. The quantitative estimate of drug-likeness (QED) is 0.811. The molecule has 0 aromatic heterocycles. The van der Waals surface area contributed by atoms with Gasteiger partial charge in [0.05, 0.1) is 11.4 Å². The Hall–Kier alpha value is -3.06. The second-order valence-corrected chi connectivity index (χ2v) is 7.18. The van der Waals surface area contributed by atoms with Gasteiger partial charge >= 0.3 is 0 Å². The molecule has 0 spiro atoms. The summed E-state index contributed by atoms with van der Waals surface area (Å²) in [6.07, 6.45) is 7.49. The molecule has 0 bridgehead atoms. The lowest BCUT2D eigenvalue weighted by Gasteiger charge is -2.22. The second-order valence-electron chi connectivity index (χ2n) is 7.18. The second kappa shape index (κ2) is 7.16. The molecule has 4 rings (SSSR count). The zero-order valence-corrected chi connectivity index (χ0v) is 15.4. The molecule has 1 aromatic rings. The number of hydrogen-bond donors (Lipinski definition) is 1. The fraction of sp³-hybridized carbons (Fsp3) is 0.333. The van der Waals surface area contributed by atoms with Gasteiger partial charge in [-0.25, -0.2) is 9.80 Å². The molecule has 0 saturated carbocycles. The van der Waals surface area contributed by atoms with E-state index in [0.717, 1.165) is 35.5 Å². The number of nitrogens with zero attached hydrogens (tertiary/aromatic N) is 2. The average Bonchev–Trinajstić information content (AvgIpc) is 3.10. The largest absolute Gasteiger partial charge is 0.326 e. The first-order valence-corrected chi connectivity index (χ1v) is 9.53. The van der Waals surface area contributed by atoms with E-state index in [1.165, 1.54) is 18.2 Å². The summed E-state index contributed by atoms with van der Waals surface area (Å²) in [5.74, 6) is -1.54. The van der Waals surface area contributed by atoms with Gasteiger partial charge in [0, 0.05) is 29.8 Å². The van der Waals surface area contributed by atoms with Crippen molar-refractivity contribution >= 4 is 35.0 Å². The van der Waals surface area contributed by atoms with E-state index in [9.17, 15) is 19.2 Å². The van der Waals surface area contributed by atoms with Crippen LogP contribution < -0.4 is 15.5 Å². The first-order chi connectivity index (χ1) is 13.5. The summed E-state index contributed by atoms with van der Waals surface area (Å²) >= 11 is 0. The van der Waals surface area contributed by atoms with Gasteiger partial charge < -0.3 is 5.73 Å². The molecule has 1 aliphatic carbocycles. The number of carbonyl (C=O) groups excluding carboxylic acids is 4. The van der Waals surface area contributed by atoms with Crippen LogP contribution in [0.3, 0.4) is 0 Å². The number of nitrogens with two attached hydrogens (primary N) is 1. The number of carbonyl (C=O) groups is 4. The predicted octanol–water partition coefficient (Wildman–Crippen LogP) is 2.10. The van der Waals surface area contributed by atoms with Crippen molar-refractivity contribution in [3.63, 3.8) is 0 Å². The van der Waals surface area contributed by atoms with E-state index < -0.39 is 11.8 Å². The van der Waals surface area contributed by atoms with E-state index in [2.05, 4.69) is 0 Å². The van der Waals surface area contributed by atoms with Gasteiger partial charge in [-0.2, -0.15) is 0 Å². The Labute approximate surface area is 162 Å². The number of imide groups is 2. The van der Waals surface area contributed by atoms with Gasteiger partial charge in [-0.3, -0.25) is 19.2 Å². The smallest absolute Gasteiger partial charge is 0.261 e. The molecule has 7 heteroatoms. The summed E-state index contributed by atoms with van der Waals surface area (Å²) in [5, 5.41) is 0. The van der Waals surface area contributed by atoms with Crippen LogP contribution in [0.15, 0.2) is 41.5 Å². The fourth-order valence-electron chi connectivity index (χ4n) is 4.04. The van der Waals surface area contributed by atoms with Crippen LogP contribution in [-0.2, 0) is 25.7 Å². The van der Waals surface area contributed by atoms with Gasteiger partial charge in [0.2, 0.25) is 0 Å². The summed E-state index contributed by atoms with van der Waals surface area (Å²) in [5.41, 5.74) is 8.21. The van der Waals surface area contributed by atoms with E-state index >= 15 is 0 Å². The summed E-state index contributed by atoms with van der Waals surface area (Å²) in [7, 11) is 0. The highest BCUT2D eigenvalue weighted by Gasteiger charge is 2.39. The maximum atomic E-state index is 13.0. The van der Waals surface area contributed by atoms with Crippen LogP contribution in [-0.4, -0.2) is 23.6 Å². The molecule has 2 N–H and O–H groups in total. The Morgan fingerprint density at radius 2 is 1.36 bits per heavy atom. The number of hydrogen-bond acceptors (Lipinski definition) is 5. The van der Waals surface area contributed by atoms with E-state index in [1.807, 2.05) is 0 Å². The lowest BCUT2D eigenvalue weighted by atomic mass is 9.95. The number of benzene rings is 1. The van der Waals surface area contributed by atoms with E-state index in [-0.39, 0.29) is 18.4 Å². The molecule has 0 saturated heterocycles. The molecule has 144 valence electrons. The molecular formula is C21H21N3O4. The van der Waals surface area contributed by atoms with E-state index in [0.29, 0.717) is 40.9 Å². The minimum atomic E-state index is -0.471. The normalized spacial score (nSPS) is 20.2. The van der Waals surface area contributed by atoms with Crippen molar-refractivity contribution < 1.29 is 19.2 Å². The molecular weight excluding hydrogens is 358 g/mol. The Kier molecular flexibility index (Phi) is 4.68. The predicted molar refractivity (Wildman–Crippen MR) is 103 cm³/mol. The van der Waals surface area contributed by atoms with Crippen LogP contribution in [0.25, 0.3) is 0 Å². The molecule has 7 nitrogen and oxygen atoms in total. The summed E-state index contributed by atoms with van der Waals surface area (Å²) < 4.78 is 0. The third-order valence-corrected chi connectivity index (χ3v) is 5.49. The van der Waals surface area contributed by atoms with Crippen LogP contribution in [0, 0.1) is 0 Å². The molecule has 2 heterocycles. The zero-order valence-electron chi connectivity index (χ0n) is 15.4. The minimum Gasteiger partial charge on any atom is -0.326 e.